The molecule has 0 aliphatic heterocycles. The fourth-order valence-electron chi connectivity index (χ4n) is 0.410. The number of rotatable bonds is 4. The lowest BCUT2D eigenvalue weighted by Gasteiger charge is -1.94. The molecule has 0 aromatic rings. The molecule has 0 radical (unpaired) electrons. The fourth-order valence-corrected chi connectivity index (χ4v) is 0.410. The monoisotopic (exact) mass is 161 g/mol. The molecule has 0 saturated carbocycles. The Kier molecular flexibility index (Phi) is 4.76. The molecular weight excluding hydrogens is 150 g/mol. The Bertz CT molecular complexity index is 138. The van der Waals surface area contributed by atoms with Gasteiger partial charge in [-0.25, -0.2) is 0 Å². The lowest BCUT2D eigenvalue weighted by molar-refractivity contribution is 0.189. The van der Waals surface area contributed by atoms with Crippen molar-refractivity contribution >= 4 is 0 Å². The first-order chi connectivity index (χ1) is 5.13. The number of nitrogens with one attached hydrogen (secondary N) is 1. The van der Waals surface area contributed by atoms with E-state index in [1.54, 1.807) is 0 Å². The first-order valence-electron chi connectivity index (χ1n) is 3.00. The molecule has 0 atom stereocenters. The molecule has 0 aliphatic carbocycles. The van der Waals surface area contributed by atoms with Crippen LogP contribution < -0.4 is 5.32 Å². The fraction of sp³-hybridized carbons (Fsp3) is 0.333. The minimum atomic E-state index is -0.755. The summed E-state index contributed by atoms with van der Waals surface area (Å²) >= 11 is 0. The SMILES string of the molecule is OC(O)=CCNCC=C(O)O. The topological polar surface area (TPSA) is 93.0 Å². The third kappa shape index (κ3) is 8.64. The van der Waals surface area contributed by atoms with Crippen molar-refractivity contribution in [3.63, 3.8) is 0 Å². The van der Waals surface area contributed by atoms with Crippen LogP contribution in [0.15, 0.2) is 24.0 Å². The van der Waals surface area contributed by atoms with Gasteiger partial charge in [0, 0.05) is 25.2 Å². The number of hydrogen-bond acceptors (Lipinski definition) is 5. The first kappa shape index (κ1) is 9.64. The molecule has 0 spiro atoms. The van der Waals surface area contributed by atoms with Crippen molar-refractivity contribution < 1.29 is 20.4 Å². The van der Waals surface area contributed by atoms with Crippen LogP contribution in [-0.4, -0.2) is 33.5 Å². The minimum absolute atomic E-state index is 0.256. The van der Waals surface area contributed by atoms with Crippen LogP contribution in [0.4, 0.5) is 0 Å². The second-order valence-corrected chi connectivity index (χ2v) is 1.78. The molecule has 0 aliphatic rings. The summed E-state index contributed by atoms with van der Waals surface area (Å²) < 4.78 is 0. The van der Waals surface area contributed by atoms with E-state index in [1.807, 2.05) is 0 Å². The maximum Gasteiger partial charge on any atom is 0.271 e. The quantitative estimate of drug-likeness (QED) is 0.305. The van der Waals surface area contributed by atoms with Crippen LogP contribution in [0.2, 0.25) is 0 Å². The summed E-state index contributed by atoms with van der Waals surface area (Å²) in [6, 6.07) is 0. The van der Waals surface area contributed by atoms with Gasteiger partial charge in [-0.3, -0.25) is 0 Å². The standard InChI is InChI=1S/C6H11NO4/c8-5(9)1-3-7-4-2-6(10)11/h1-2,7-11H,3-4H2. The van der Waals surface area contributed by atoms with Crippen LogP contribution in [0, 0.1) is 0 Å². The van der Waals surface area contributed by atoms with Crippen LogP contribution in [0.5, 0.6) is 0 Å². The highest BCUT2D eigenvalue weighted by Crippen LogP contribution is 1.78. The summed E-state index contributed by atoms with van der Waals surface area (Å²) in [6.07, 6.45) is 2.28. The highest BCUT2D eigenvalue weighted by Gasteiger charge is 1.85. The average molecular weight is 161 g/mol. The van der Waals surface area contributed by atoms with Crippen molar-refractivity contribution in [2.45, 2.75) is 0 Å². The zero-order chi connectivity index (χ0) is 8.69. The average Bonchev–Trinajstić information content (AvgIpc) is 1.85. The first-order valence-corrected chi connectivity index (χ1v) is 3.00. The Balaban J connectivity index is 3.29. The van der Waals surface area contributed by atoms with Gasteiger partial charge in [0.2, 0.25) is 0 Å². The van der Waals surface area contributed by atoms with E-state index in [9.17, 15) is 0 Å². The zero-order valence-corrected chi connectivity index (χ0v) is 5.86. The van der Waals surface area contributed by atoms with Crippen molar-refractivity contribution in [1.82, 2.24) is 5.32 Å². The van der Waals surface area contributed by atoms with Gasteiger partial charge in [0.15, 0.2) is 0 Å². The number of aliphatic hydroxyl groups excluding tert-OH is 2. The summed E-state index contributed by atoms with van der Waals surface area (Å²) in [5.41, 5.74) is 0. The molecule has 0 fully saturated rings. The number of aliphatic hydroxyl groups is 4. The van der Waals surface area contributed by atoms with E-state index < -0.39 is 11.9 Å². The van der Waals surface area contributed by atoms with Gasteiger partial charge < -0.3 is 25.7 Å². The third-order valence-corrected chi connectivity index (χ3v) is 0.858. The van der Waals surface area contributed by atoms with Crippen molar-refractivity contribution in [2.24, 2.45) is 0 Å². The Morgan fingerprint density at radius 3 is 1.55 bits per heavy atom. The summed E-state index contributed by atoms with van der Waals surface area (Å²) in [7, 11) is 0. The second kappa shape index (κ2) is 5.43. The largest absolute Gasteiger partial charge is 0.481 e. The smallest absolute Gasteiger partial charge is 0.271 e. The molecule has 5 heteroatoms. The van der Waals surface area contributed by atoms with Crippen LogP contribution in [0.25, 0.3) is 0 Å². The van der Waals surface area contributed by atoms with E-state index in [0.29, 0.717) is 0 Å². The predicted molar refractivity (Wildman–Crippen MR) is 39.6 cm³/mol. The van der Waals surface area contributed by atoms with Gasteiger partial charge in [0.1, 0.15) is 0 Å². The van der Waals surface area contributed by atoms with E-state index >= 15 is 0 Å². The van der Waals surface area contributed by atoms with Gasteiger partial charge in [-0.2, -0.15) is 0 Å². The summed E-state index contributed by atoms with van der Waals surface area (Å²) in [4.78, 5) is 0. The maximum absolute atomic E-state index is 8.22. The highest BCUT2D eigenvalue weighted by molar-refractivity contribution is 4.86. The Labute approximate surface area is 63.9 Å². The molecule has 64 valence electrons. The van der Waals surface area contributed by atoms with Crippen molar-refractivity contribution in [3.05, 3.63) is 24.0 Å². The molecule has 5 N–H and O–H groups in total. The molecule has 0 aromatic heterocycles. The summed E-state index contributed by atoms with van der Waals surface area (Å²) in [6.45, 7) is 0.512. The van der Waals surface area contributed by atoms with Gasteiger partial charge in [-0.1, -0.05) is 0 Å². The van der Waals surface area contributed by atoms with E-state index in [-0.39, 0.29) is 13.1 Å². The Morgan fingerprint density at radius 1 is 0.909 bits per heavy atom. The van der Waals surface area contributed by atoms with Crippen molar-refractivity contribution in [3.8, 4) is 0 Å². The molecule has 11 heavy (non-hydrogen) atoms. The number of hydrogen-bond donors (Lipinski definition) is 5. The van der Waals surface area contributed by atoms with Gasteiger partial charge in [0.25, 0.3) is 11.9 Å². The molecule has 5 nitrogen and oxygen atoms in total. The lowest BCUT2D eigenvalue weighted by Crippen LogP contribution is -2.14. The summed E-state index contributed by atoms with van der Waals surface area (Å²) in [5, 5.41) is 35.5. The Morgan fingerprint density at radius 2 is 1.27 bits per heavy atom. The van der Waals surface area contributed by atoms with E-state index in [4.69, 9.17) is 20.4 Å². The normalized spacial score (nSPS) is 8.73. The minimum Gasteiger partial charge on any atom is -0.481 e. The molecule has 0 unspecified atom stereocenters. The van der Waals surface area contributed by atoms with E-state index in [0.717, 1.165) is 12.2 Å². The van der Waals surface area contributed by atoms with Gasteiger partial charge in [-0.15, -0.1) is 0 Å². The van der Waals surface area contributed by atoms with Crippen LogP contribution in [0.1, 0.15) is 0 Å². The van der Waals surface area contributed by atoms with Crippen LogP contribution in [-0.2, 0) is 0 Å². The van der Waals surface area contributed by atoms with Gasteiger partial charge in [0.05, 0.1) is 0 Å². The van der Waals surface area contributed by atoms with E-state index in [2.05, 4.69) is 5.32 Å². The third-order valence-electron chi connectivity index (χ3n) is 0.858. The van der Waals surface area contributed by atoms with Gasteiger partial charge >= 0.3 is 0 Å². The van der Waals surface area contributed by atoms with Crippen molar-refractivity contribution in [2.75, 3.05) is 13.1 Å². The molecule has 0 aromatic carbocycles. The van der Waals surface area contributed by atoms with E-state index in [1.165, 1.54) is 0 Å². The predicted octanol–water partition coefficient (Wildman–Crippen LogP) is 0.491. The maximum atomic E-state index is 8.22. The van der Waals surface area contributed by atoms with Crippen LogP contribution >= 0.6 is 0 Å². The lowest BCUT2D eigenvalue weighted by atomic mass is 10.5. The zero-order valence-electron chi connectivity index (χ0n) is 5.86. The van der Waals surface area contributed by atoms with Gasteiger partial charge in [-0.05, 0) is 0 Å². The second-order valence-electron chi connectivity index (χ2n) is 1.78. The summed E-state index contributed by atoms with van der Waals surface area (Å²) in [5.74, 6) is -1.51. The molecule has 0 heterocycles. The molecule has 0 saturated heterocycles. The van der Waals surface area contributed by atoms with Crippen molar-refractivity contribution in [1.29, 1.82) is 0 Å². The molecule has 0 amide bonds. The highest BCUT2D eigenvalue weighted by atomic mass is 16.5. The van der Waals surface area contributed by atoms with Crippen LogP contribution in [0.3, 0.4) is 0 Å². The Hall–Kier alpha value is -1.36. The molecular formula is C6H11NO4. The molecule has 0 rings (SSSR count). The molecule has 0 bridgehead atoms.